The number of carboxylic acids is 4. The minimum atomic E-state index is -1.82. The van der Waals surface area contributed by atoms with Gasteiger partial charge in [-0.2, -0.15) is 0 Å². The Morgan fingerprint density at radius 2 is 0.600 bits per heavy atom. The second-order valence-electron chi connectivity index (χ2n) is 1.22. The summed E-state index contributed by atoms with van der Waals surface area (Å²) in [5, 5.41) is 29.6. The average Bonchev–Trinajstić information content (AvgIpc) is 1.88. The molecule has 0 aliphatic rings. The molecule has 0 aliphatic heterocycles. The SMILES string of the molecule is F.F.O=C(O)C(=O)O.O=C(O)C(=O)O.[LiH]. The molecule has 0 aromatic heterocycles. The number of aliphatic carboxylic acids is 4. The molecule has 8 nitrogen and oxygen atoms in total. The van der Waals surface area contributed by atoms with Crippen LogP contribution in [-0.4, -0.2) is 63.2 Å². The van der Waals surface area contributed by atoms with E-state index in [-0.39, 0.29) is 28.3 Å². The number of hydrogen-bond acceptors (Lipinski definition) is 4. The van der Waals surface area contributed by atoms with Crippen molar-refractivity contribution in [2.75, 3.05) is 0 Å². The number of carboxylic acid groups (broad SMARTS) is 4. The molecule has 15 heavy (non-hydrogen) atoms. The Morgan fingerprint density at radius 1 is 0.533 bits per heavy atom. The Hall–Kier alpha value is -1.66. The predicted octanol–water partition coefficient (Wildman–Crippen LogP) is -2.03. The monoisotopic (exact) mass is 228 g/mol. The van der Waals surface area contributed by atoms with E-state index in [1.165, 1.54) is 0 Å². The van der Waals surface area contributed by atoms with E-state index in [2.05, 4.69) is 0 Å². The van der Waals surface area contributed by atoms with Gasteiger partial charge in [-0.1, -0.05) is 0 Å². The molecule has 0 heterocycles. The molecule has 0 radical (unpaired) electrons. The van der Waals surface area contributed by atoms with Crippen LogP contribution < -0.4 is 0 Å². The fourth-order valence-corrected chi connectivity index (χ4v) is 0. The van der Waals surface area contributed by atoms with Crippen LogP contribution >= 0.6 is 0 Å². The number of halogens is 2. The molecule has 0 rings (SSSR count). The van der Waals surface area contributed by atoms with Crippen molar-refractivity contribution in [1.82, 2.24) is 0 Å². The number of hydrogen-bond donors (Lipinski definition) is 4. The van der Waals surface area contributed by atoms with Gasteiger partial charge in [0.15, 0.2) is 0 Å². The number of rotatable bonds is 0. The zero-order valence-electron chi connectivity index (χ0n) is 6.24. The minimum absolute atomic E-state index is 0. The third-order valence-corrected chi connectivity index (χ3v) is 0.366. The summed E-state index contributed by atoms with van der Waals surface area (Å²) in [6.07, 6.45) is 0. The van der Waals surface area contributed by atoms with E-state index in [9.17, 15) is 0 Å². The third-order valence-electron chi connectivity index (χ3n) is 0.366. The Morgan fingerprint density at radius 3 is 0.600 bits per heavy atom. The molecule has 0 saturated carbocycles. The Balaban J connectivity index is -0.0000000370. The van der Waals surface area contributed by atoms with Crippen molar-refractivity contribution in [2.45, 2.75) is 0 Å². The molecule has 0 saturated heterocycles. The van der Waals surface area contributed by atoms with E-state index in [1.54, 1.807) is 0 Å². The van der Waals surface area contributed by atoms with Gasteiger partial charge in [0.1, 0.15) is 0 Å². The Labute approximate surface area is 92.4 Å². The molecular weight excluding hydrogens is 221 g/mol. The quantitative estimate of drug-likeness (QED) is 0.273. The molecule has 0 fully saturated rings. The first-order chi connectivity index (χ1) is 5.29. The van der Waals surface area contributed by atoms with Crippen LogP contribution in [0.3, 0.4) is 0 Å². The van der Waals surface area contributed by atoms with E-state index in [4.69, 9.17) is 39.6 Å². The van der Waals surface area contributed by atoms with Crippen LogP contribution in [0.25, 0.3) is 0 Å². The van der Waals surface area contributed by atoms with Gasteiger partial charge in [0.2, 0.25) is 0 Å². The summed E-state index contributed by atoms with van der Waals surface area (Å²) in [7, 11) is 0. The molecular formula is C4H7F2LiO8. The second kappa shape index (κ2) is 14.8. The fraction of sp³-hybridized carbons (Fsp3) is 0. The molecule has 0 aliphatic carbocycles. The first-order valence-corrected chi connectivity index (χ1v) is 2.21. The summed E-state index contributed by atoms with van der Waals surface area (Å²) in [5.74, 6) is -7.30. The van der Waals surface area contributed by atoms with Crippen LogP contribution in [0.4, 0.5) is 9.41 Å². The summed E-state index contributed by atoms with van der Waals surface area (Å²) in [4.78, 5) is 36.4. The van der Waals surface area contributed by atoms with Crippen LogP contribution in [0.5, 0.6) is 0 Å². The summed E-state index contributed by atoms with van der Waals surface area (Å²) in [6.45, 7) is 0. The molecule has 0 spiro atoms. The van der Waals surface area contributed by atoms with Gasteiger partial charge in [-0.15, -0.1) is 0 Å². The van der Waals surface area contributed by atoms with Gasteiger partial charge in [-0.3, -0.25) is 9.41 Å². The van der Waals surface area contributed by atoms with Crippen LogP contribution in [0.15, 0.2) is 0 Å². The van der Waals surface area contributed by atoms with E-state index in [0.29, 0.717) is 0 Å². The summed E-state index contributed by atoms with van der Waals surface area (Å²) < 4.78 is 0. The zero-order valence-corrected chi connectivity index (χ0v) is 6.24. The molecule has 86 valence electrons. The van der Waals surface area contributed by atoms with Crippen molar-refractivity contribution in [3.63, 3.8) is 0 Å². The van der Waals surface area contributed by atoms with E-state index >= 15 is 0 Å². The topological polar surface area (TPSA) is 149 Å². The molecule has 0 aromatic rings. The summed E-state index contributed by atoms with van der Waals surface area (Å²) >= 11 is 0. The second-order valence-corrected chi connectivity index (χ2v) is 1.22. The molecule has 0 unspecified atom stereocenters. The van der Waals surface area contributed by atoms with E-state index in [1.807, 2.05) is 0 Å². The van der Waals surface area contributed by atoms with Crippen LogP contribution in [0, 0.1) is 0 Å². The molecule has 0 bridgehead atoms. The Bertz CT molecular complexity index is 181. The molecule has 0 aromatic carbocycles. The predicted molar refractivity (Wildman–Crippen MR) is 42.7 cm³/mol. The van der Waals surface area contributed by atoms with Gasteiger partial charge >= 0.3 is 42.7 Å². The van der Waals surface area contributed by atoms with Gasteiger partial charge in [0, 0.05) is 0 Å². The van der Waals surface area contributed by atoms with Gasteiger partial charge in [-0.05, 0) is 0 Å². The van der Waals surface area contributed by atoms with Crippen molar-refractivity contribution < 1.29 is 49.0 Å². The van der Waals surface area contributed by atoms with Crippen LogP contribution in [0.2, 0.25) is 0 Å². The average molecular weight is 228 g/mol. The first-order valence-electron chi connectivity index (χ1n) is 2.21. The zero-order chi connectivity index (χ0) is 10.3. The maximum atomic E-state index is 9.10. The van der Waals surface area contributed by atoms with Crippen molar-refractivity contribution in [3.8, 4) is 0 Å². The van der Waals surface area contributed by atoms with Crippen molar-refractivity contribution >= 4 is 42.7 Å². The standard InChI is InChI=1S/2C2H2O4.2FH.Li.H/c2*3-1(4)2(5)6;;;;/h2*(H,3,4)(H,5,6);2*1H;;. The van der Waals surface area contributed by atoms with Crippen LogP contribution in [0.1, 0.15) is 0 Å². The fourth-order valence-electron chi connectivity index (χ4n) is 0. The van der Waals surface area contributed by atoms with Crippen molar-refractivity contribution in [1.29, 1.82) is 0 Å². The van der Waals surface area contributed by atoms with E-state index < -0.39 is 23.9 Å². The molecule has 11 heteroatoms. The summed E-state index contributed by atoms with van der Waals surface area (Å²) in [5.41, 5.74) is 0. The third kappa shape index (κ3) is 32.8. The molecule has 0 atom stereocenters. The van der Waals surface area contributed by atoms with Crippen molar-refractivity contribution in [2.24, 2.45) is 0 Å². The van der Waals surface area contributed by atoms with E-state index in [0.717, 1.165) is 0 Å². The normalized spacial score (nSPS) is 5.87. The van der Waals surface area contributed by atoms with Crippen LogP contribution in [-0.2, 0) is 19.2 Å². The first kappa shape index (κ1) is 29.2. The Kier molecular flexibility index (Phi) is 28.9. The van der Waals surface area contributed by atoms with Gasteiger partial charge < -0.3 is 20.4 Å². The summed E-state index contributed by atoms with van der Waals surface area (Å²) in [6, 6.07) is 0. The van der Waals surface area contributed by atoms with Gasteiger partial charge in [0.05, 0.1) is 0 Å². The molecule has 0 amide bonds. The van der Waals surface area contributed by atoms with Gasteiger partial charge in [-0.25, -0.2) is 19.2 Å². The number of carbonyl (C=O) groups is 4. The molecule has 4 N–H and O–H groups in total. The maximum absolute atomic E-state index is 9.10. The van der Waals surface area contributed by atoms with Gasteiger partial charge in [0.25, 0.3) is 0 Å². The van der Waals surface area contributed by atoms with Crippen molar-refractivity contribution in [3.05, 3.63) is 0 Å².